The topological polar surface area (TPSA) is 45.5 Å². The van der Waals surface area contributed by atoms with Crippen molar-refractivity contribution in [1.82, 2.24) is 13.8 Å². The van der Waals surface area contributed by atoms with E-state index in [4.69, 9.17) is 0 Å². The van der Waals surface area contributed by atoms with Crippen LogP contribution in [0, 0.1) is 0 Å². The Morgan fingerprint density at radius 3 is 2.27 bits per heavy atom. The second kappa shape index (κ2) is 7.25. The van der Waals surface area contributed by atoms with Gasteiger partial charge in [-0.05, 0) is 24.3 Å². The third-order valence-electron chi connectivity index (χ3n) is 4.05. The average Bonchev–Trinajstić information content (AvgIpc) is 2.99. The van der Waals surface area contributed by atoms with Crippen molar-refractivity contribution in [2.45, 2.75) is 11.4 Å². The lowest BCUT2D eigenvalue weighted by atomic mass is 10.2. The van der Waals surface area contributed by atoms with Crippen molar-refractivity contribution in [2.75, 3.05) is 21.1 Å². The molecule has 26 heavy (non-hydrogen) atoms. The van der Waals surface area contributed by atoms with E-state index < -0.39 is 10.0 Å². The molecule has 1 aromatic heterocycles. The molecule has 0 bridgehead atoms. The largest absolute Gasteiger partial charge is 0.382 e. The van der Waals surface area contributed by atoms with Gasteiger partial charge in [0, 0.05) is 38.9 Å². The maximum atomic E-state index is 13.3. The molecule has 0 radical (unpaired) electrons. The van der Waals surface area contributed by atoms with Crippen molar-refractivity contribution in [3.8, 4) is 0 Å². The molecule has 136 valence electrons. The molecule has 2 aromatic carbocycles. The van der Waals surface area contributed by atoms with Crippen LogP contribution >= 0.6 is 0 Å². The van der Waals surface area contributed by atoms with E-state index in [0.29, 0.717) is 12.1 Å². The van der Waals surface area contributed by atoms with Gasteiger partial charge in [-0.15, -0.1) is 0 Å². The molecule has 0 aliphatic carbocycles. The van der Waals surface area contributed by atoms with Crippen molar-refractivity contribution in [3.63, 3.8) is 0 Å². The highest BCUT2D eigenvalue weighted by Gasteiger charge is 2.23. The van der Waals surface area contributed by atoms with Crippen molar-refractivity contribution in [3.05, 3.63) is 78.8 Å². The first-order valence-corrected chi connectivity index (χ1v) is 9.78. The van der Waals surface area contributed by atoms with Gasteiger partial charge in [-0.25, -0.2) is 12.4 Å². The number of nitrogens with zero attached hydrogens (tertiary/aromatic N) is 3. The van der Waals surface area contributed by atoms with Crippen molar-refractivity contribution in [1.29, 1.82) is 0 Å². The Kier molecular flexibility index (Phi) is 5.04. The minimum atomic E-state index is -3.67. The SMILES string of the molecule is CN(C)/C=C/N(C)Cc1cc2ccccc2n1S(=O)(=O)c1ccccc1. The van der Waals surface area contributed by atoms with Gasteiger partial charge < -0.3 is 9.80 Å². The Bertz CT molecular complexity index is 1020. The molecule has 0 aliphatic heterocycles. The van der Waals surface area contributed by atoms with E-state index in [1.807, 2.05) is 79.7 Å². The van der Waals surface area contributed by atoms with Crippen molar-refractivity contribution >= 4 is 20.9 Å². The molecule has 1 heterocycles. The van der Waals surface area contributed by atoms with Crippen LogP contribution < -0.4 is 0 Å². The van der Waals surface area contributed by atoms with E-state index >= 15 is 0 Å². The van der Waals surface area contributed by atoms with E-state index in [1.165, 1.54) is 3.97 Å². The minimum Gasteiger partial charge on any atom is -0.382 e. The fourth-order valence-corrected chi connectivity index (χ4v) is 4.39. The Morgan fingerprint density at radius 1 is 0.923 bits per heavy atom. The zero-order valence-electron chi connectivity index (χ0n) is 15.2. The number of para-hydroxylation sites is 1. The van der Waals surface area contributed by atoms with Gasteiger partial charge >= 0.3 is 0 Å². The summed E-state index contributed by atoms with van der Waals surface area (Å²) in [5.74, 6) is 0. The summed E-state index contributed by atoms with van der Waals surface area (Å²) in [4.78, 5) is 4.19. The highest BCUT2D eigenvalue weighted by atomic mass is 32.2. The fraction of sp³-hybridized carbons (Fsp3) is 0.200. The van der Waals surface area contributed by atoms with Crippen LogP contribution in [0.3, 0.4) is 0 Å². The average molecular weight is 369 g/mol. The summed E-state index contributed by atoms with van der Waals surface area (Å²) in [5.41, 5.74) is 1.41. The van der Waals surface area contributed by atoms with Crippen LogP contribution in [0.1, 0.15) is 5.69 Å². The molecule has 0 spiro atoms. The first kappa shape index (κ1) is 18.1. The molecule has 0 atom stereocenters. The Balaban J connectivity index is 2.12. The third-order valence-corrected chi connectivity index (χ3v) is 5.83. The predicted octanol–water partition coefficient (Wildman–Crippen LogP) is 3.34. The first-order valence-electron chi connectivity index (χ1n) is 8.34. The van der Waals surface area contributed by atoms with E-state index in [2.05, 4.69) is 0 Å². The summed E-state index contributed by atoms with van der Waals surface area (Å²) in [7, 11) is 2.14. The van der Waals surface area contributed by atoms with Gasteiger partial charge in [0.05, 0.1) is 22.7 Å². The number of hydrogen-bond donors (Lipinski definition) is 0. The summed E-state index contributed by atoms with van der Waals surface area (Å²) in [6, 6.07) is 18.0. The van der Waals surface area contributed by atoms with Crippen LogP contribution in [0.5, 0.6) is 0 Å². The van der Waals surface area contributed by atoms with Gasteiger partial charge in [0.25, 0.3) is 10.0 Å². The summed E-state index contributed by atoms with van der Waals surface area (Å²) in [6.45, 7) is 0.477. The van der Waals surface area contributed by atoms with Crippen molar-refractivity contribution < 1.29 is 8.42 Å². The van der Waals surface area contributed by atoms with E-state index in [9.17, 15) is 8.42 Å². The van der Waals surface area contributed by atoms with E-state index in [1.54, 1.807) is 24.3 Å². The molecule has 0 saturated carbocycles. The summed E-state index contributed by atoms with van der Waals surface area (Å²) in [5, 5.41) is 0.909. The summed E-state index contributed by atoms with van der Waals surface area (Å²) >= 11 is 0. The number of aromatic nitrogens is 1. The molecule has 6 heteroatoms. The molecule has 3 aromatic rings. The number of benzene rings is 2. The molecule has 0 saturated heterocycles. The quantitative estimate of drug-likeness (QED) is 0.668. The number of fused-ring (bicyclic) bond motifs is 1. The number of hydrogen-bond acceptors (Lipinski definition) is 4. The van der Waals surface area contributed by atoms with Crippen LogP contribution in [-0.4, -0.2) is 43.3 Å². The van der Waals surface area contributed by atoms with Crippen LogP contribution in [0.15, 0.2) is 78.0 Å². The van der Waals surface area contributed by atoms with Crippen LogP contribution in [0.2, 0.25) is 0 Å². The molecule has 3 rings (SSSR count). The number of rotatable bonds is 6. The predicted molar refractivity (Wildman–Crippen MR) is 105 cm³/mol. The van der Waals surface area contributed by atoms with Gasteiger partial charge in [0.2, 0.25) is 0 Å². The van der Waals surface area contributed by atoms with Gasteiger partial charge in [-0.1, -0.05) is 36.4 Å². The molecule has 5 nitrogen and oxygen atoms in total. The molecular formula is C20H23N3O2S. The standard InChI is InChI=1S/C20H23N3O2S/c1-21(2)13-14-22(3)16-18-15-17-9-7-8-12-20(17)23(18)26(24,25)19-10-5-4-6-11-19/h4-15H,16H2,1-3H3/b14-13+. The van der Waals surface area contributed by atoms with Gasteiger partial charge in [-0.3, -0.25) is 0 Å². The highest BCUT2D eigenvalue weighted by molar-refractivity contribution is 7.90. The maximum Gasteiger partial charge on any atom is 0.268 e. The monoisotopic (exact) mass is 369 g/mol. The lowest BCUT2D eigenvalue weighted by Gasteiger charge is -2.18. The third kappa shape index (κ3) is 3.60. The second-order valence-corrected chi connectivity index (χ2v) is 8.24. The molecule has 0 amide bonds. The van der Waals surface area contributed by atoms with Crippen molar-refractivity contribution in [2.24, 2.45) is 0 Å². The normalized spacial score (nSPS) is 12.0. The van der Waals surface area contributed by atoms with Crippen LogP contribution in [0.4, 0.5) is 0 Å². The van der Waals surface area contributed by atoms with E-state index in [-0.39, 0.29) is 4.90 Å². The van der Waals surface area contributed by atoms with Crippen LogP contribution in [0.25, 0.3) is 10.9 Å². The van der Waals surface area contributed by atoms with Gasteiger partial charge in [0.1, 0.15) is 0 Å². The van der Waals surface area contributed by atoms with Gasteiger partial charge in [-0.2, -0.15) is 0 Å². The fourth-order valence-electron chi connectivity index (χ4n) is 2.83. The Labute approximate surface area is 154 Å². The molecule has 0 N–H and O–H groups in total. The second-order valence-electron chi connectivity index (χ2n) is 6.45. The lowest BCUT2D eigenvalue weighted by molar-refractivity contribution is 0.427. The van der Waals surface area contributed by atoms with Crippen LogP contribution in [-0.2, 0) is 16.6 Å². The highest BCUT2D eigenvalue weighted by Crippen LogP contribution is 2.26. The molecule has 0 aliphatic rings. The Morgan fingerprint density at radius 2 is 1.58 bits per heavy atom. The lowest BCUT2D eigenvalue weighted by Crippen LogP contribution is -2.20. The molecule has 0 unspecified atom stereocenters. The Hall–Kier alpha value is -2.73. The molecular weight excluding hydrogens is 346 g/mol. The van der Waals surface area contributed by atoms with Gasteiger partial charge in [0.15, 0.2) is 0 Å². The summed E-state index contributed by atoms with van der Waals surface area (Å²) in [6.07, 6.45) is 3.86. The maximum absolute atomic E-state index is 13.3. The first-order chi connectivity index (χ1) is 12.4. The smallest absolute Gasteiger partial charge is 0.268 e. The molecule has 0 fully saturated rings. The summed E-state index contributed by atoms with van der Waals surface area (Å²) < 4.78 is 28.0. The zero-order chi connectivity index (χ0) is 18.7. The van der Waals surface area contributed by atoms with E-state index in [0.717, 1.165) is 11.1 Å². The minimum absolute atomic E-state index is 0.286. The zero-order valence-corrected chi connectivity index (χ0v) is 16.0.